The molecule has 2 aromatic rings. The Morgan fingerprint density at radius 1 is 1.04 bits per heavy atom. The largest absolute Gasteiger partial charge is 0.501 e. The quantitative estimate of drug-likeness (QED) is 0.720. The molecule has 1 fully saturated rings. The third-order valence-electron chi connectivity index (χ3n) is 4.29. The molecule has 3 rings (SSSR count). The van der Waals surface area contributed by atoms with E-state index in [1.807, 2.05) is 0 Å². The van der Waals surface area contributed by atoms with E-state index in [4.69, 9.17) is 0 Å². The van der Waals surface area contributed by atoms with Crippen molar-refractivity contribution in [1.82, 2.24) is 9.88 Å². The molecular formula is C17H14F3N3O4S. The van der Waals surface area contributed by atoms with Crippen LogP contribution in [0.1, 0.15) is 12.5 Å². The average molecular weight is 413 g/mol. The van der Waals surface area contributed by atoms with E-state index in [-0.39, 0.29) is 12.2 Å². The second kappa shape index (κ2) is 6.89. The molecule has 0 saturated carbocycles. The Bertz CT molecular complexity index is 1010. The van der Waals surface area contributed by atoms with Crippen molar-refractivity contribution in [1.29, 1.82) is 0 Å². The van der Waals surface area contributed by atoms with E-state index in [2.05, 4.69) is 4.98 Å². The van der Waals surface area contributed by atoms with Gasteiger partial charge in [0.1, 0.15) is 6.04 Å². The minimum Gasteiger partial charge on any atom is -0.308 e. The minimum atomic E-state index is -5.51. The summed E-state index contributed by atoms with van der Waals surface area (Å²) in [6.45, 7) is 1.68. The first kappa shape index (κ1) is 19.8. The Hall–Kier alpha value is -2.95. The molecule has 1 aliphatic heterocycles. The van der Waals surface area contributed by atoms with Gasteiger partial charge in [-0.25, -0.2) is 18.1 Å². The van der Waals surface area contributed by atoms with Gasteiger partial charge in [-0.15, -0.1) is 0 Å². The standard InChI is InChI=1S/C17H14F3N3O4S/c1-11-15(24)23(16(25)22(11)10-12-6-8-21-9-7-12)13-2-4-14(5-3-13)28(26,27)17(18,19)20/h2-9,11H,10H2,1H3/t11-/m1/s1. The molecule has 1 aromatic heterocycles. The van der Waals surface area contributed by atoms with Gasteiger partial charge in [0.2, 0.25) is 0 Å². The molecule has 3 amide bonds. The normalized spacial score (nSPS) is 18.1. The van der Waals surface area contributed by atoms with E-state index in [9.17, 15) is 31.2 Å². The third kappa shape index (κ3) is 3.33. The van der Waals surface area contributed by atoms with E-state index in [1.54, 1.807) is 24.5 Å². The number of aromatic nitrogens is 1. The van der Waals surface area contributed by atoms with Crippen LogP contribution in [0.5, 0.6) is 0 Å². The van der Waals surface area contributed by atoms with E-state index in [1.165, 1.54) is 11.8 Å². The van der Waals surface area contributed by atoms with Gasteiger partial charge in [0.15, 0.2) is 0 Å². The summed E-state index contributed by atoms with van der Waals surface area (Å²) < 4.78 is 60.8. The van der Waals surface area contributed by atoms with Crippen molar-refractivity contribution in [3.05, 3.63) is 54.4 Å². The summed E-state index contributed by atoms with van der Waals surface area (Å²) >= 11 is 0. The Labute approximate surface area is 158 Å². The average Bonchev–Trinajstić information content (AvgIpc) is 2.85. The summed E-state index contributed by atoms with van der Waals surface area (Å²) in [6.07, 6.45) is 3.08. The second-order valence-corrected chi connectivity index (χ2v) is 8.00. The molecule has 1 aromatic carbocycles. The summed E-state index contributed by atoms with van der Waals surface area (Å²) in [7, 11) is -5.51. The molecule has 1 atom stereocenters. The predicted molar refractivity (Wildman–Crippen MR) is 91.8 cm³/mol. The van der Waals surface area contributed by atoms with Crippen molar-refractivity contribution in [3.8, 4) is 0 Å². The van der Waals surface area contributed by atoms with Crippen molar-refractivity contribution in [2.24, 2.45) is 0 Å². The molecule has 0 spiro atoms. The lowest BCUT2D eigenvalue weighted by molar-refractivity contribution is -0.119. The van der Waals surface area contributed by atoms with Crippen LogP contribution in [0.3, 0.4) is 0 Å². The number of hydrogen-bond donors (Lipinski definition) is 0. The van der Waals surface area contributed by atoms with Crippen LogP contribution in [0.15, 0.2) is 53.7 Å². The Morgan fingerprint density at radius 3 is 2.14 bits per heavy atom. The smallest absolute Gasteiger partial charge is 0.308 e. The SMILES string of the molecule is C[C@@H]1C(=O)N(c2ccc(S(=O)(=O)C(F)(F)F)cc2)C(=O)N1Cc1ccncc1. The molecule has 0 bridgehead atoms. The topological polar surface area (TPSA) is 87.7 Å². The molecule has 11 heteroatoms. The molecule has 1 aliphatic rings. The lowest BCUT2D eigenvalue weighted by atomic mass is 10.2. The van der Waals surface area contributed by atoms with Crippen LogP contribution < -0.4 is 4.90 Å². The van der Waals surface area contributed by atoms with E-state index in [0.29, 0.717) is 0 Å². The minimum absolute atomic E-state index is 0.0137. The molecular weight excluding hydrogens is 399 g/mol. The number of rotatable bonds is 4. The van der Waals surface area contributed by atoms with Gasteiger partial charge in [0.25, 0.3) is 15.7 Å². The number of sulfone groups is 1. The number of amides is 3. The fourth-order valence-corrected chi connectivity index (χ4v) is 3.51. The van der Waals surface area contributed by atoms with Crippen LogP contribution in [0, 0.1) is 0 Å². The zero-order valence-electron chi connectivity index (χ0n) is 14.4. The Balaban J connectivity index is 1.87. The van der Waals surface area contributed by atoms with Gasteiger partial charge in [-0.2, -0.15) is 13.2 Å². The van der Waals surface area contributed by atoms with Crippen LogP contribution in [-0.4, -0.2) is 41.8 Å². The van der Waals surface area contributed by atoms with Crippen LogP contribution in [0.2, 0.25) is 0 Å². The fraction of sp³-hybridized carbons (Fsp3) is 0.235. The molecule has 1 saturated heterocycles. The van der Waals surface area contributed by atoms with Gasteiger partial charge < -0.3 is 4.90 Å². The van der Waals surface area contributed by atoms with Crippen molar-refractivity contribution in [3.63, 3.8) is 0 Å². The molecule has 148 valence electrons. The maximum Gasteiger partial charge on any atom is 0.501 e. The number of hydrogen-bond acceptors (Lipinski definition) is 5. The summed E-state index contributed by atoms with van der Waals surface area (Å²) in [5.41, 5.74) is -4.71. The van der Waals surface area contributed by atoms with Gasteiger partial charge in [-0.1, -0.05) is 0 Å². The van der Waals surface area contributed by atoms with E-state index < -0.39 is 38.2 Å². The molecule has 0 unspecified atom stereocenters. The fourth-order valence-electron chi connectivity index (χ4n) is 2.74. The highest BCUT2D eigenvalue weighted by atomic mass is 32.2. The van der Waals surface area contributed by atoms with Crippen molar-refractivity contribution in [2.75, 3.05) is 4.90 Å². The number of nitrogens with zero attached hydrogens (tertiary/aromatic N) is 3. The summed E-state index contributed by atoms with van der Waals surface area (Å²) in [6, 6.07) is 5.35. The monoisotopic (exact) mass is 413 g/mol. The first-order valence-corrected chi connectivity index (χ1v) is 9.47. The summed E-state index contributed by atoms with van der Waals surface area (Å²) in [4.78, 5) is 30.2. The zero-order valence-corrected chi connectivity index (χ0v) is 15.2. The van der Waals surface area contributed by atoms with E-state index in [0.717, 1.165) is 34.7 Å². The summed E-state index contributed by atoms with van der Waals surface area (Å²) in [5.74, 6) is -0.564. The maximum atomic E-state index is 12.7. The van der Waals surface area contributed by atoms with Crippen molar-refractivity contribution < 1.29 is 31.2 Å². The van der Waals surface area contributed by atoms with Gasteiger partial charge in [-0.3, -0.25) is 9.78 Å². The number of imide groups is 1. The number of halogens is 3. The highest BCUT2D eigenvalue weighted by Gasteiger charge is 2.47. The first-order chi connectivity index (χ1) is 13.0. The number of anilines is 1. The Kier molecular flexibility index (Phi) is 4.88. The molecule has 7 nitrogen and oxygen atoms in total. The zero-order chi connectivity index (χ0) is 20.7. The highest BCUT2D eigenvalue weighted by Crippen LogP contribution is 2.32. The molecule has 0 radical (unpaired) electrons. The molecule has 0 N–H and O–H groups in total. The van der Waals surface area contributed by atoms with Crippen LogP contribution in [-0.2, 0) is 21.2 Å². The Morgan fingerprint density at radius 2 is 1.61 bits per heavy atom. The van der Waals surface area contributed by atoms with Crippen LogP contribution in [0.25, 0.3) is 0 Å². The van der Waals surface area contributed by atoms with Crippen molar-refractivity contribution in [2.45, 2.75) is 29.9 Å². The number of urea groups is 1. The van der Waals surface area contributed by atoms with Crippen LogP contribution in [0.4, 0.5) is 23.7 Å². The predicted octanol–water partition coefficient (Wildman–Crippen LogP) is 2.73. The summed E-state index contributed by atoms with van der Waals surface area (Å²) in [5, 5.41) is 0. The van der Waals surface area contributed by atoms with Gasteiger partial charge >= 0.3 is 11.5 Å². The van der Waals surface area contributed by atoms with Gasteiger partial charge in [0.05, 0.1) is 10.6 Å². The maximum absolute atomic E-state index is 12.7. The lowest BCUT2D eigenvalue weighted by Gasteiger charge is -2.19. The molecule has 28 heavy (non-hydrogen) atoms. The lowest BCUT2D eigenvalue weighted by Crippen LogP contribution is -2.33. The molecule has 2 heterocycles. The first-order valence-electron chi connectivity index (χ1n) is 7.99. The second-order valence-electron chi connectivity index (χ2n) is 6.06. The molecule has 0 aliphatic carbocycles. The number of benzene rings is 1. The number of alkyl halides is 3. The third-order valence-corrected chi connectivity index (χ3v) is 5.80. The van der Waals surface area contributed by atoms with Crippen molar-refractivity contribution >= 4 is 27.5 Å². The highest BCUT2D eigenvalue weighted by molar-refractivity contribution is 7.92. The van der Waals surface area contributed by atoms with Gasteiger partial charge in [0, 0.05) is 18.9 Å². The number of carbonyl (C=O) groups is 2. The number of carbonyl (C=O) groups excluding carboxylic acids is 2. The number of pyridine rings is 1. The van der Waals surface area contributed by atoms with E-state index >= 15 is 0 Å². The van der Waals surface area contributed by atoms with Crippen LogP contribution >= 0.6 is 0 Å². The van der Waals surface area contributed by atoms with Gasteiger partial charge in [-0.05, 0) is 48.9 Å².